The van der Waals surface area contributed by atoms with Crippen molar-refractivity contribution in [2.24, 2.45) is 0 Å². The Morgan fingerprint density at radius 3 is 2.32 bits per heavy atom. The summed E-state index contributed by atoms with van der Waals surface area (Å²) in [5.41, 5.74) is 3.60. The van der Waals surface area contributed by atoms with E-state index in [1.807, 2.05) is 49.4 Å². The van der Waals surface area contributed by atoms with Gasteiger partial charge in [-0.3, -0.25) is 10.8 Å². The monoisotopic (exact) mass is 364 g/mol. The van der Waals surface area contributed by atoms with Gasteiger partial charge in [0.05, 0.1) is 5.71 Å². The van der Waals surface area contributed by atoms with E-state index in [-0.39, 0.29) is 0 Å². The van der Waals surface area contributed by atoms with Gasteiger partial charge in [-0.2, -0.15) is 0 Å². The maximum atomic E-state index is 8.58. The lowest BCUT2D eigenvalue weighted by Crippen LogP contribution is -2.09. The van der Waals surface area contributed by atoms with E-state index in [1.54, 1.807) is 18.5 Å². The molecule has 0 radical (unpaired) electrons. The van der Waals surface area contributed by atoms with Gasteiger partial charge in [0, 0.05) is 34.0 Å². The van der Waals surface area contributed by atoms with Crippen LogP contribution in [0.5, 0.6) is 0 Å². The smallest absolute Gasteiger partial charge is 0.193 e. The van der Waals surface area contributed by atoms with E-state index in [1.165, 1.54) is 11.8 Å². The Bertz CT molecular complexity index is 939. The number of nitrogens with one attached hydrogen (secondary N) is 2. The molecule has 0 amide bonds. The van der Waals surface area contributed by atoms with Crippen molar-refractivity contribution in [2.75, 3.05) is 0 Å². The molecular formula is C19H16N4S2. The molecule has 0 aliphatic carbocycles. The standard InChI is InChI=1S/C19H16N4S2/c1-12-7-8-13(11-16(12)24)17(20)14-5-2-3-6-15(14)18(21)25-19-22-9-4-10-23-19/h2-11,20-21,24H,1H3. The molecule has 0 fully saturated rings. The van der Waals surface area contributed by atoms with Crippen LogP contribution in [0.2, 0.25) is 0 Å². The lowest BCUT2D eigenvalue weighted by atomic mass is 9.97. The van der Waals surface area contributed by atoms with Crippen LogP contribution in [0.1, 0.15) is 22.3 Å². The highest BCUT2D eigenvalue weighted by atomic mass is 32.2. The van der Waals surface area contributed by atoms with Crippen LogP contribution in [-0.2, 0) is 0 Å². The fraction of sp³-hybridized carbons (Fsp3) is 0.0526. The summed E-state index contributed by atoms with van der Waals surface area (Å²) >= 11 is 5.63. The molecule has 1 heterocycles. The number of hydrogen-bond donors (Lipinski definition) is 3. The fourth-order valence-electron chi connectivity index (χ4n) is 2.30. The van der Waals surface area contributed by atoms with Crippen molar-refractivity contribution < 1.29 is 0 Å². The maximum Gasteiger partial charge on any atom is 0.193 e. The zero-order chi connectivity index (χ0) is 17.8. The molecule has 2 N–H and O–H groups in total. The Kier molecular flexibility index (Phi) is 5.31. The lowest BCUT2D eigenvalue weighted by molar-refractivity contribution is 0.972. The Hall–Kier alpha value is -2.44. The summed E-state index contributed by atoms with van der Waals surface area (Å²) in [5.74, 6) is 0. The summed E-state index contributed by atoms with van der Waals surface area (Å²) in [5, 5.41) is 17.8. The predicted octanol–water partition coefficient (Wildman–Crippen LogP) is 4.61. The van der Waals surface area contributed by atoms with Crippen molar-refractivity contribution in [3.8, 4) is 0 Å². The Labute approximate surface area is 156 Å². The number of hydrogen-bond acceptors (Lipinski definition) is 6. The number of aryl methyl sites for hydroxylation is 1. The maximum absolute atomic E-state index is 8.58. The summed E-state index contributed by atoms with van der Waals surface area (Å²) < 4.78 is 0. The molecule has 0 unspecified atom stereocenters. The quantitative estimate of drug-likeness (QED) is 0.208. The number of benzene rings is 2. The molecule has 124 valence electrons. The van der Waals surface area contributed by atoms with Gasteiger partial charge in [-0.05, 0) is 36.4 Å². The highest BCUT2D eigenvalue weighted by Gasteiger charge is 2.15. The van der Waals surface area contributed by atoms with Gasteiger partial charge < -0.3 is 0 Å². The molecule has 3 aromatic rings. The zero-order valence-corrected chi connectivity index (χ0v) is 15.2. The van der Waals surface area contributed by atoms with Crippen LogP contribution in [0.15, 0.2) is 71.0 Å². The second kappa shape index (κ2) is 7.63. The summed E-state index contributed by atoms with van der Waals surface area (Å²) in [7, 11) is 0. The Morgan fingerprint density at radius 1 is 0.960 bits per heavy atom. The van der Waals surface area contributed by atoms with Gasteiger partial charge in [0.25, 0.3) is 0 Å². The van der Waals surface area contributed by atoms with Gasteiger partial charge >= 0.3 is 0 Å². The predicted molar refractivity (Wildman–Crippen MR) is 106 cm³/mol. The minimum Gasteiger partial charge on any atom is -0.300 e. The van der Waals surface area contributed by atoms with Crippen molar-refractivity contribution >= 4 is 35.1 Å². The van der Waals surface area contributed by atoms with Crippen LogP contribution in [0.25, 0.3) is 0 Å². The molecule has 0 saturated heterocycles. The van der Waals surface area contributed by atoms with Crippen LogP contribution >= 0.6 is 24.4 Å². The average molecular weight is 364 g/mol. The summed E-state index contributed by atoms with van der Waals surface area (Å²) in [6.07, 6.45) is 3.30. The van der Waals surface area contributed by atoms with E-state index >= 15 is 0 Å². The largest absolute Gasteiger partial charge is 0.300 e. The third kappa shape index (κ3) is 3.97. The molecule has 0 aliphatic rings. The first-order valence-electron chi connectivity index (χ1n) is 7.58. The van der Waals surface area contributed by atoms with Crippen LogP contribution in [0.4, 0.5) is 0 Å². The molecular weight excluding hydrogens is 348 g/mol. The van der Waals surface area contributed by atoms with E-state index < -0.39 is 0 Å². The number of thiol groups is 1. The molecule has 4 nitrogen and oxygen atoms in total. The van der Waals surface area contributed by atoms with Crippen LogP contribution in [0.3, 0.4) is 0 Å². The minimum atomic E-state index is 0.310. The SMILES string of the molecule is Cc1ccc(C(=N)c2ccccc2C(=N)Sc2ncccn2)cc1S. The summed E-state index contributed by atoms with van der Waals surface area (Å²) in [4.78, 5) is 9.14. The first-order chi connectivity index (χ1) is 12.1. The number of nitrogens with zero attached hydrogens (tertiary/aromatic N) is 2. The van der Waals surface area contributed by atoms with Gasteiger partial charge in [-0.15, -0.1) is 12.6 Å². The van der Waals surface area contributed by atoms with Crippen LogP contribution in [0, 0.1) is 17.7 Å². The van der Waals surface area contributed by atoms with Crippen LogP contribution in [-0.4, -0.2) is 20.7 Å². The van der Waals surface area contributed by atoms with E-state index in [9.17, 15) is 0 Å². The van der Waals surface area contributed by atoms with Crippen molar-refractivity contribution in [1.82, 2.24) is 9.97 Å². The second-order valence-corrected chi connectivity index (χ2v) is 6.84. The number of aromatic nitrogens is 2. The molecule has 25 heavy (non-hydrogen) atoms. The molecule has 0 spiro atoms. The molecule has 6 heteroatoms. The van der Waals surface area contributed by atoms with E-state index in [0.717, 1.165) is 16.0 Å². The normalized spacial score (nSPS) is 10.5. The molecule has 0 aliphatic heterocycles. The molecule has 1 aromatic heterocycles. The lowest BCUT2D eigenvalue weighted by Gasteiger charge is -2.12. The highest BCUT2D eigenvalue weighted by molar-refractivity contribution is 8.14. The average Bonchev–Trinajstić information content (AvgIpc) is 2.64. The first kappa shape index (κ1) is 17.4. The highest BCUT2D eigenvalue weighted by Crippen LogP contribution is 2.24. The Morgan fingerprint density at radius 2 is 1.64 bits per heavy atom. The topological polar surface area (TPSA) is 73.5 Å². The van der Waals surface area contributed by atoms with Gasteiger partial charge in [0.2, 0.25) is 0 Å². The third-order valence-corrected chi connectivity index (χ3v) is 4.97. The molecule has 0 saturated carbocycles. The van der Waals surface area contributed by atoms with Crippen molar-refractivity contribution in [2.45, 2.75) is 17.0 Å². The van der Waals surface area contributed by atoms with Crippen molar-refractivity contribution in [3.05, 3.63) is 83.2 Å². The van der Waals surface area contributed by atoms with Gasteiger partial charge in [-0.1, -0.05) is 36.4 Å². The van der Waals surface area contributed by atoms with Gasteiger partial charge in [-0.25, -0.2) is 9.97 Å². The fourth-order valence-corrected chi connectivity index (χ4v) is 3.22. The van der Waals surface area contributed by atoms with E-state index in [4.69, 9.17) is 10.8 Å². The van der Waals surface area contributed by atoms with E-state index in [2.05, 4.69) is 22.6 Å². The summed E-state index contributed by atoms with van der Waals surface area (Å²) in [6.45, 7) is 1.98. The molecule has 0 atom stereocenters. The minimum absolute atomic E-state index is 0.310. The zero-order valence-electron chi connectivity index (χ0n) is 13.5. The number of rotatable bonds is 4. The van der Waals surface area contributed by atoms with Crippen LogP contribution < -0.4 is 0 Å². The molecule has 3 rings (SSSR count). The number of thioether (sulfide) groups is 1. The summed E-state index contributed by atoms with van der Waals surface area (Å²) in [6, 6.07) is 14.9. The molecule has 0 bridgehead atoms. The second-order valence-electron chi connectivity index (χ2n) is 5.38. The molecule has 2 aromatic carbocycles. The van der Waals surface area contributed by atoms with Gasteiger partial charge in [0.15, 0.2) is 5.16 Å². The van der Waals surface area contributed by atoms with Gasteiger partial charge in [0.1, 0.15) is 5.04 Å². The van der Waals surface area contributed by atoms with Crippen molar-refractivity contribution in [3.63, 3.8) is 0 Å². The first-order valence-corrected chi connectivity index (χ1v) is 8.84. The third-order valence-electron chi connectivity index (χ3n) is 3.67. The van der Waals surface area contributed by atoms with Crippen molar-refractivity contribution in [1.29, 1.82) is 10.8 Å². The Balaban J connectivity index is 1.93. The van der Waals surface area contributed by atoms with E-state index in [0.29, 0.717) is 27.0 Å².